The number of carbonyl (C=O) groups excluding carboxylic acids is 2. The molecule has 0 aliphatic carbocycles. The lowest BCUT2D eigenvalue weighted by molar-refractivity contribution is -0.385. The van der Waals surface area contributed by atoms with Crippen LogP contribution in [0.4, 0.5) is 10.5 Å². The Bertz CT molecular complexity index is 1370. The number of aromatic hydroxyl groups is 1. The summed E-state index contributed by atoms with van der Waals surface area (Å²) >= 11 is 0. The van der Waals surface area contributed by atoms with E-state index in [-0.39, 0.29) is 29.0 Å². The standard InChI is InChI=1S/C29H35N5O7/c1-6-33(7-2)28(36)22(17-30)14-21-15-24(34(38)39)27(25(35)16-21)41-29(37)40-26-12-11-19(4)23(32-26)13-18(3)9-8-10-20(5)31/h8-9,11-12,14-16,18,20,35H,6-7,10,13,31H2,1-5H3/b9-8-,22-14+/t18-,20?/m1/s1. The third kappa shape index (κ3) is 9.44. The maximum absolute atomic E-state index is 12.5. The zero-order chi connectivity index (χ0) is 30.7. The average Bonchev–Trinajstić information content (AvgIpc) is 2.90. The maximum Gasteiger partial charge on any atom is 0.521 e. The Morgan fingerprint density at radius 3 is 2.51 bits per heavy atom. The highest BCUT2D eigenvalue weighted by molar-refractivity contribution is 6.01. The molecule has 0 aliphatic heterocycles. The minimum Gasteiger partial charge on any atom is -0.504 e. The van der Waals surface area contributed by atoms with Gasteiger partial charge in [0, 0.05) is 37.0 Å². The SMILES string of the molecule is CCN(CC)C(=O)/C(C#N)=C/c1cc(O)c(OC(=O)Oc2ccc(C)c(C[C@H](C)/C=C\CC(C)N)n2)c([N+](=O)[O-])c1. The number of rotatable bonds is 12. The van der Waals surface area contributed by atoms with E-state index in [2.05, 4.69) is 4.98 Å². The number of aryl methyl sites for hydroxylation is 1. The summed E-state index contributed by atoms with van der Waals surface area (Å²) in [7, 11) is 0. The third-order valence-corrected chi connectivity index (χ3v) is 6.02. The number of nitrogens with zero attached hydrogens (tertiary/aromatic N) is 4. The van der Waals surface area contributed by atoms with E-state index in [1.807, 2.05) is 32.9 Å². The summed E-state index contributed by atoms with van der Waals surface area (Å²) in [5, 5.41) is 31.6. The first kappa shape index (κ1) is 32.5. The topological polar surface area (TPSA) is 182 Å². The van der Waals surface area contributed by atoms with Crippen molar-refractivity contribution in [1.82, 2.24) is 9.88 Å². The van der Waals surface area contributed by atoms with Gasteiger partial charge in [0.05, 0.1) is 4.92 Å². The van der Waals surface area contributed by atoms with Crippen LogP contribution in [0, 0.1) is 34.3 Å². The molecule has 2 atom stereocenters. The predicted octanol–water partition coefficient (Wildman–Crippen LogP) is 4.83. The van der Waals surface area contributed by atoms with Gasteiger partial charge in [-0.25, -0.2) is 9.78 Å². The van der Waals surface area contributed by atoms with Crippen molar-refractivity contribution in [3.05, 3.63) is 68.9 Å². The van der Waals surface area contributed by atoms with E-state index in [0.29, 0.717) is 25.2 Å². The van der Waals surface area contributed by atoms with Crippen LogP contribution in [0.25, 0.3) is 6.08 Å². The monoisotopic (exact) mass is 565 g/mol. The summed E-state index contributed by atoms with van der Waals surface area (Å²) in [6.07, 6.45) is 5.11. The van der Waals surface area contributed by atoms with Crippen molar-refractivity contribution in [2.24, 2.45) is 11.7 Å². The van der Waals surface area contributed by atoms with Crippen molar-refractivity contribution in [2.45, 2.75) is 53.5 Å². The van der Waals surface area contributed by atoms with Gasteiger partial charge in [0.25, 0.3) is 11.7 Å². The minimum absolute atomic E-state index is 0.0130. The number of phenols is 1. The fourth-order valence-electron chi connectivity index (χ4n) is 3.84. The largest absolute Gasteiger partial charge is 0.521 e. The second kappa shape index (κ2) is 15.1. The normalized spacial score (nSPS) is 12.9. The maximum atomic E-state index is 12.5. The van der Waals surface area contributed by atoms with E-state index in [1.165, 1.54) is 11.0 Å². The first-order chi connectivity index (χ1) is 19.4. The van der Waals surface area contributed by atoms with Gasteiger partial charge in [-0.15, -0.1) is 0 Å². The van der Waals surface area contributed by atoms with Crippen LogP contribution in [0.5, 0.6) is 17.4 Å². The second-order valence-electron chi connectivity index (χ2n) is 9.48. The molecule has 0 bridgehead atoms. The molecule has 0 spiro atoms. The Hall–Kier alpha value is -4.76. The lowest BCUT2D eigenvalue weighted by atomic mass is 10.0. The highest BCUT2D eigenvalue weighted by Crippen LogP contribution is 2.38. The van der Waals surface area contributed by atoms with Crippen LogP contribution < -0.4 is 15.2 Å². The minimum atomic E-state index is -1.35. The number of pyridine rings is 1. The van der Waals surface area contributed by atoms with E-state index in [9.17, 15) is 30.1 Å². The fourth-order valence-corrected chi connectivity index (χ4v) is 3.84. The average molecular weight is 566 g/mol. The number of carbonyl (C=O) groups is 2. The zero-order valence-electron chi connectivity index (χ0n) is 23.8. The van der Waals surface area contributed by atoms with E-state index < -0.39 is 34.2 Å². The molecular formula is C29H35N5O7. The summed E-state index contributed by atoms with van der Waals surface area (Å²) in [4.78, 5) is 41.7. The number of aromatic nitrogens is 1. The van der Waals surface area contributed by atoms with Crippen molar-refractivity contribution in [3.8, 4) is 23.4 Å². The molecule has 12 nitrogen and oxygen atoms in total. The summed E-state index contributed by atoms with van der Waals surface area (Å²) in [5.74, 6) is -2.04. The predicted molar refractivity (Wildman–Crippen MR) is 152 cm³/mol. The van der Waals surface area contributed by atoms with Gasteiger partial charge in [0.15, 0.2) is 5.75 Å². The molecule has 0 aliphatic rings. The molecule has 41 heavy (non-hydrogen) atoms. The van der Waals surface area contributed by atoms with Crippen LogP contribution >= 0.6 is 0 Å². The zero-order valence-corrected chi connectivity index (χ0v) is 23.8. The van der Waals surface area contributed by atoms with Crippen molar-refractivity contribution >= 4 is 23.8 Å². The number of ether oxygens (including phenoxy) is 2. The number of hydrogen-bond donors (Lipinski definition) is 2. The number of allylic oxidation sites excluding steroid dienone is 1. The molecule has 1 heterocycles. The Balaban J connectivity index is 2.27. The van der Waals surface area contributed by atoms with Gasteiger partial charge in [-0.05, 0) is 69.7 Å². The first-order valence-electron chi connectivity index (χ1n) is 13.1. The van der Waals surface area contributed by atoms with Gasteiger partial charge < -0.3 is 25.2 Å². The van der Waals surface area contributed by atoms with Crippen molar-refractivity contribution in [1.29, 1.82) is 5.26 Å². The van der Waals surface area contributed by atoms with Gasteiger partial charge in [-0.1, -0.05) is 25.1 Å². The molecule has 0 radical (unpaired) electrons. The highest BCUT2D eigenvalue weighted by atomic mass is 16.7. The number of nitro benzene ring substituents is 1. The molecule has 3 N–H and O–H groups in total. The molecule has 12 heteroatoms. The molecular weight excluding hydrogens is 530 g/mol. The number of benzene rings is 1. The number of phenolic OH excluding ortho intramolecular Hbond substituents is 1. The molecule has 2 aromatic rings. The Labute approximate surface area is 238 Å². The van der Waals surface area contributed by atoms with Crippen LogP contribution in [-0.2, 0) is 11.2 Å². The van der Waals surface area contributed by atoms with E-state index in [0.717, 1.165) is 30.2 Å². The lowest BCUT2D eigenvalue weighted by Gasteiger charge is -2.17. The summed E-state index contributed by atoms with van der Waals surface area (Å²) in [6.45, 7) is 10.0. The number of nitrogens with two attached hydrogens (primary N) is 1. The fraction of sp³-hybridized carbons (Fsp3) is 0.379. The smallest absolute Gasteiger partial charge is 0.504 e. The molecule has 218 valence electrons. The van der Waals surface area contributed by atoms with Crippen LogP contribution in [0.15, 0.2) is 42.0 Å². The molecule has 0 saturated carbocycles. The molecule has 1 unspecified atom stereocenters. The Morgan fingerprint density at radius 2 is 1.93 bits per heavy atom. The van der Waals surface area contributed by atoms with Crippen molar-refractivity contribution in [3.63, 3.8) is 0 Å². The number of hydrogen-bond acceptors (Lipinski definition) is 10. The molecule has 1 aromatic carbocycles. The third-order valence-electron chi connectivity index (χ3n) is 6.02. The molecule has 1 aromatic heterocycles. The molecule has 1 amide bonds. The quantitative estimate of drug-likeness (QED) is 0.0687. The number of likely N-dealkylation sites (N-methyl/N-ethyl adjacent to an activating group) is 1. The Kier molecular flexibility index (Phi) is 12.0. The summed E-state index contributed by atoms with van der Waals surface area (Å²) < 4.78 is 10.1. The second-order valence-corrected chi connectivity index (χ2v) is 9.48. The van der Waals surface area contributed by atoms with Gasteiger partial charge in [-0.2, -0.15) is 5.26 Å². The lowest BCUT2D eigenvalue weighted by Crippen LogP contribution is -2.31. The van der Waals surface area contributed by atoms with Gasteiger partial charge in [0.1, 0.15) is 11.6 Å². The number of nitriles is 1. The molecule has 2 rings (SSSR count). The molecule has 0 fully saturated rings. The van der Waals surface area contributed by atoms with Crippen LogP contribution in [0.1, 0.15) is 50.9 Å². The van der Waals surface area contributed by atoms with Crippen LogP contribution in [-0.4, -0.2) is 51.1 Å². The van der Waals surface area contributed by atoms with E-state index in [1.54, 1.807) is 26.0 Å². The van der Waals surface area contributed by atoms with Gasteiger partial charge in [-0.3, -0.25) is 14.9 Å². The van der Waals surface area contributed by atoms with E-state index in [4.69, 9.17) is 15.2 Å². The summed E-state index contributed by atoms with van der Waals surface area (Å²) in [6, 6.07) is 7.00. The van der Waals surface area contributed by atoms with Gasteiger partial charge >= 0.3 is 11.8 Å². The van der Waals surface area contributed by atoms with Crippen molar-refractivity contribution in [2.75, 3.05) is 13.1 Å². The highest BCUT2D eigenvalue weighted by Gasteiger charge is 2.26. The number of nitro groups is 1. The number of amides is 1. The summed E-state index contributed by atoms with van der Waals surface area (Å²) in [5.41, 5.74) is 6.27. The molecule has 0 saturated heterocycles. The van der Waals surface area contributed by atoms with E-state index >= 15 is 0 Å². The van der Waals surface area contributed by atoms with Crippen LogP contribution in [0.2, 0.25) is 0 Å². The first-order valence-corrected chi connectivity index (χ1v) is 13.1. The van der Waals surface area contributed by atoms with Gasteiger partial charge in [0.2, 0.25) is 5.88 Å². The Morgan fingerprint density at radius 1 is 1.24 bits per heavy atom. The van der Waals surface area contributed by atoms with Crippen LogP contribution in [0.3, 0.4) is 0 Å². The van der Waals surface area contributed by atoms with Crippen molar-refractivity contribution < 1.29 is 29.1 Å².